The third kappa shape index (κ3) is 0.586. The summed E-state index contributed by atoms with van der Waals surface area (Å²) in [6.07, 6.45) is 4.93. The molecule has 0 aliphatic carbocycles. The van der Waals surface area contributed by atoms with Crippen LogP contribution in [0.1, 0.15) is 0 Å². The molecule has 0 bridgehead atoms. The van der Waals surface area contributed by atoms with E-state index in [4.69, 9.17) is 0 Å². The lowest BCUT2D eigenvalue weighted by atomic mass is 10.0. The maximum absolute atomic E-state index is 10.9. The SMILES string of the molecule is O=C1NN=C2C=CN=CC12. The normalized spacial score (nSPS) is 27.8. The molecule has 1 unspecified atom stereocenters. The second kappa shape index (κ2) is 1.76. The Morgan fingerprint density at radius 2 is 2.50 bits per heavy atom. The van der Waals surface area contributed by atoms with Crippen LogP contribution in [-0.2, 0) is 4.79 Å². The summed E-state index contributed by atoms with van der Waals surface area (Å²) in [5.74, 6) is -0.340. The van der Waals surface area contributed by atoms with E-state index in [9.17, 15) is 4.79 Å². The Balaban J connectivity index is 2.39. The van der Waals surface area contributed by atoms with E-state index in [1.165, 1.54) is 0 Å². The van der Waals surface area contributed by atoms with Crippen molar-refractivity contribution in [3.05, 3.63) is 12.3 Å². The predicted molar refractivity (Wildman–Crippen MR) is 36.7 cm³/mol. The molecular formula is C6H5N3O. The molecule has 0 radical (unpaired) electrons. The molecule has 0 aromatic carbocycles. The van der Waals surface area contributed by atoms with E-state index in [0.29, 0.717) is 0 Å². The number of hydrogen-bond donors (Lipinski definition) is 1. The standard InChI is InChI=1S/C6H5N3O/c10-6-4-3-7-2-1-5(4)8-9-6/h1-4H,(H,9,10). The van der Waals surface area contributed by atoms with E-state index < -0.39 is 0 Å². The second-order valence-corrected chi connectivity index (χ2v) is 2.10. The van der Waals surface area contributed by atoms with Gasteiger partial charge in [0.25, 0.3) is 5.91 Å². The van der Waals surface area contributed by atoms with Crippen LogP contribution in [0.25, 0.3) is 0 Å². The van der Waals surface area contributed by atoms with E-state index in [0.717, 1.165) is 5.71 Å². The fourth-order valence-corrected chi connectivity index (χ4v) is 0.933. The van der Waals surface area contributed by atoms with Gasteiger partial charge < -0.3 is 0 Å². The van der Waals surface area contributed by atoms with Gasteiger partial charge in [-0.25, -0.2) is 5.43 Å². The number of aliphatic imine (C=N–C) groups is 1. The Morgan fingerprint density at radius 1 is 1.60 bits per heavy atom. The third-order valence-electron chi connectivity index (χ3n) is 1.46. The van der Waals surface area contributed by atoms with Crippen molar-refractivity contribution < 1.29 is 4.79 Å². The number of hydrogen-bond acceptors (Lipinski definition) is 3. The maximum atomic E-state index is 10.9. The lowest BCUT2D eigenvalue weighted by Crippen LogP contribution is -2.24. The van der Waals surface area contributed by atoms with E-state index in [1.54, 1.807) is 18.5 Å². The van der Waals surface area contributed by atoms with Crippen LogP contribution in [0.4, 0.5) is 0 Å². The van der Waals surface area contributed by atoms with E-state index in [2.05, 4.69) is 15.5 Å². The first kappa shape index (κ1) is 5.34. The van der Waals surface area contributed by atoms with Gasteiger partial charge in [0.2, 0.25) is 0 Å². The summed E-state index contributed by atoms with van der Waals surface area (Å²) in [6, 6.07) is 0. The molecule has 0 fully saturated rings. The van der Waals surface area contributed by atoms with E-state index in [1.807, 2.05) is 0 Å². The highest BCUT2D eigenvalue weighted by Gasteiger charge is 2.27. The zero-order valence-electron chi connectivity index (χ0n) is 5.11. The summed E-state index contributed by atoms with van der Waals surface area (Å²) >= 11 is 0. The minimum Gasteiger partial charge on any atom is -0.272 e. The van der Waals surface area contributed by atoms with Crippen LogP contribution in [-0.4, -0.2) is 17.8 Å². The molecule has 4 nitrogen and oxygen atoms in total. The molecular weight excluding hydrogens is 130 g/mol. The maximum Gasteiger partial charge on any atom is 0.254 e. The summed E-state index contributed by atoms with van der Waals surface area (Å²) in [5.41, 5.74) is 3.12. The first-order chi connectivity index (χ1) is 4.88. The average Bonchev–Trinajstić information content (AvgIpc) is 2.34. The fraction of sp³-hybridized carbons (Fsp3) is 0.167. The number of nitrogens with one attached hydrogen (secondary N) is 1. The molecule has 1 amide bonds. The van der Waals surface area contributed by atoms with Crippen molar-refractivity contribution in [1.82, 2.24) is 5.43 Å². The molecule has 0 aromatic rings. The molecule has 2 aliphatic heterocycles. The van der Waals surface area contributed by atoms with Crippen molar-refractivity contribution in [3.8, 4) is 0 Å². The molecule has 1 N–H and O–H groups in total. The van der Waals surface area contributed by atoms with Crippen LogP contribution in [0.5, 0.6) is 0 Å². The van der Waals surface area contributed by atoms with Crippen molar-refractivity contribution in [2.75, 3.05) is 0 Å². The summed E-state index contributed by atoms with van der Waals surface area (Å²) in [6.45, 7) is 0. The monoisotopic (exact) mass is 135 g/mol. The summed E-state index contributed by atoms with van der Waals surface area (Å²) in [5, 5.41) is 3.78. The largest absolute Gasteiger partial charge is 0.272 e. The topological polar surface area (TPSA) is 53.8 Å². The minimum absolute atomic E-state index is 0.0944. The Kier molecular flexibility index (Phi) is 0.943. The Bertz CT molecular complexity index is 264. The zero-order chi connectivity index (χ0) is 6.97. The molecule has 2 heterocycles. The number of hydrazone groups is 1. The second-order valence-electron chi connectivity index (χ2n) is 2.10. The minimum atomic E-state index is -0.245. The van der Waals surface area contributed by atoms with Crippen LogP contribution in [0.3, 0.4) is 0 Å². The number of allylic oxidation sites excluding steroid dienone is 1. The van der Waals surface area contributed by atoms with Crippen molar-refractivity contribution in [2.24, 2.45) is 16.0 Å². The molecule has 1 atom stereocenters. The first-order valence-electron chi connectivity index (χ1n) is 2.95. The smallest absolute Gasteiger partial charge is 0.254 e. The van der Waals surface area contributed by atoms with Gasteiger partial charge in [0.05, 0.1) is 5.71 Å². The molecule has 0 saturated carbocycles. The highest BCUT2D eigenvalue weighted by molar-refractivity contribution is 6.23. The summed E-state index contributed by atoms with van der Waals surface area (Å²) < 4.78 is 0. The number of carbonyl (C=O) groups excluding carboxylic acids is 1. The van der Waals surface area contributed by atoms with Gasteiger partial charge in [0, 0.05) is 12.4 Å². The van der Waals surface area contributed by atoms with Crippen LogP contribution in [0.15, 0.2) is 22.4 Å². The Labute approximate surface area is 57.3 Å². The number of nitrogens with zero attached hydrogens (tertiary/aromatic N) is 2. The van der Waals surface area contributed by atoms with Gasteiger partial charge in [-0.3, -0.25) is 9.79 Å². The Hall–Kier alpha value is -1.45. The van der Waals surface area contributed by atoms with Crippen molar-refractivity contribution in [1.29, 1.82) is 0 Å². The molecule has 50 valence electrons. The first-order valence-corrected chi connectivity index (χ1v) is 2.95. The van der Waals surface area contributed by atoms with E-state index >= 15 is 0 Å². The van der Waals surface area contributed by atoms with Crippen LogP contribution >= 0.6 is 0 Å². The third-order valence-corrected chi connectivity index (χ3v) is 1.46. The quantitative estimate of drug-likeness (QED) is 0.486. The van der Waals surface area contributed by atoms with Crippen molar-refractivity contribution in [3.63, 3.8) is 0 Å². The van der Waals surface area contributed by atoms with Gasteiger partial charge >= 0.3 is 0 Å². The highest BCUT2D eigenvalue weighted by atomic mass is 16.2. The molecule has 0 saturated heterocycles. The number of fused-ring (bicyclic) bond motifs is 1. The van der Waals surface area contributed by atoms with E-state index in [-0.39, 0.29) is 11.8 Å². The van der Waals surface area contributed by atoms with Crippen LogP contribution in [0, 0.1) is 5.92 Å². The number of carbonyl (C=O) groups is 1. The van der Waals surface area contributed by atoms with Gasteiger partial charge in [0.15, 0.2) is 0 Å². The van der Waals surface area contributed by atoms with Gasteiger partial charge in [-0.1, -0.05) is 0 Å². The van der Waals surface area contributed by atoms with Crippen molar-refractivity contribution in [2.45, 2.75) is 0 Å². The molecule has 4 heteroatoms. The summed E-state index contributed by atoms with van der Waals surface area (Å²) in [4.78, 5) is 14.7. The van der Waals surface area contributed by atoms with Crippen LogP contribution < -0.4 is 5.43 Å². The summed E-state index contributed by atoms with van der Waals surface area (Å²) in [7, 11) is 0. The lowest BCUT2D eigenvalue weighted by molar-refractivity contribution is -0.120. The molecule has 0 spiro atoms. The van der Waals surface area contributed by atoms with Gasteiger partial charge in [-0.05, 0) is 6.08 Å². The molecule has 10 heavy (non-hydrogen) atoms. The predicted octanol–water partition coefficient (Wildman–Crippen LogP) is -0.314. The molecule has 2 rings (SSSR count). The highest BCUT2D eigenvalue weighted by Crippen LogP contribution is 2.08. The molecule has 2 aliphatic rings. The number of rotatable bonds is 0. The lowest BCUT2D eigenvalue weighted by Gasteiger charge is -2.01. The fourth-order valence-electron chi connectivity index (χ4n) is 0.933. The van der Waals surface area contributed by atoms with Gasteiger partial charge in [-0.15, -0.1) is 0 Å². The average molecular weight is 135 g/mol. The zero-order valence-corrected chi connectivity index (χ0v) is 5.11. The molecule has 0 aromatic heterocycles. The Morgan fingerprint density at radius 3 is 3.30 bits per heavy atom. The van der Waals surface area contributed by atoms with Crippen molar-refractivity contribution >= 4 is 17.8 Å². The van der Waals surface area contributed by atoms with Gasteiger partial charge in [-0.2, -0.15) is 5.10 Å². The number of amides is 1. The van der Waals surface area contributed by atoms with Gasteiger partial charge in [0.1, 0.15) is 5.92 Å². The van der Waals surface area contributed by atoms with Crippen LogP contribution in [0.2, 0.25) is 0 Å².